The van der Waals surface area contributed by atoms with Crippen LogP contribution in [-0.4, -0.2) is 43.1 Å². The molecule has 0 radical (unpaired) electrons. The van der Waals surface area contributed by atoms with Gasteiger partial charge in [0, 0.05) is 7.05 Å². The van der Waals surface area contributed by atoms with Gasteiger partial charge in [-0.3, -0.25) is 14.3 Å². The summed E-state index contributed by atoms with van der Waals surface area (Å²) in [7, 11) is 1.47. The van der Waals surface area contributed by atoms with Crippen molar-refractivity contribution in [1.82, 2.24) is 19.1 Å². The Labute approximate surface area is 186 Å². The predicted molar refractivity (Wildman–Crippen MR) is 121 cm³/mol. The van der Waals surface area contributed by atoms with Gasteiger partial charge in [0.25, 0.3) is 5.56 Å². The Morgan fingerprint density at radius 1 is 1.21 bits per heavy atom. The van der Waals surface area contributed by atoms with Crippen LogP contribution in [0.1, 0.15) is 5.56 Å². The highest BCUT2D eigenvalue weighted by Gasteiger charge is 2.19. The van der Waals surface area contributed by atoms with E-state index in [0.717, 1.165) is 0 Å². The lowest BCUT2D eigenvalue weighted by Gasteiger charge is -2.15. The number of imidazole rings is 1. The number of para-hydroxylation sites is 1. The molecule has 4 rings (SSSR count). The van der Waals surface area contributed by atoms with Crippen LogP contribution in [0.3, 0.4) is 0 Å². The maximum absolute atomic E-state index is 13.1. The molecule has 0 bridgehead atoms. The number of hydrogen-bond donors (Lipinski definition) is 3. The van der Waals surface area contributed by atoms with E-state index >= 15 is 0 Å². The van der Waals surface area contributed by atoms with Gasteiger partial charge < -0.3 is 14.4 Å². The zero-order valence-electron chi connectivity index (χ0n) is 17.6. The molecular formula is C22H21FN6O4. The van der Waals surface area contributed by atoms with E-state index in [-0.39, 0.29) is 36.1 Å². The largest absolute Gasteiger partial charge is 0.491 e. The third kappa shape index (κ3) is 4.99. The fourth-order valence-electron chi connectivity index (χ4n) is 3.18. The van der Waals surface area contributed by atoms with Crippen LogP contribution in [0.5, 0.6) is 5.75 Å². The van der Waals surface area contributed by atoms with Crippen LogP contribution in [0.2, 0.25) is 0 Å². The van der Waals surface area contributed by atoms with Crippen molar-refractivity contribution in [3.8, 4) is 5.75 Å². The quantitative estimate of drug-likeness (QED) is 0.274. The minimum atomic E-state index is -0.999. The number of halogens is 1. The van der Waals surface area contributed by atoms with E-state index in [4.69, 9.17) is 4.74 Å². The molecule has 0 saturated heterocycles. The van der Waals surface area contributed by atoms with Gasteiger partial charge in [0.15, 0.2) is 11.2 Å². The number of aryl methyl sites for hydroxylation is 1. The van der Waals surface area contributed by atoms with Crippen molar-refractivity contribution in [2.45, 2.75) is 12.6 Å². The molecule has 0 unspecified atom stereocenters. The van der Waals surface area contributed by atoms with E-state index in [1.165, 1.54) is 34.5 Å². The van der Waals surface area contributed by atoms with Crippen molar-refractivity contribution < 1.29 is 14.2 Å². The Hall–Kier alpha value is -4.25. The molecule has 3 N–H and O–H groups in total. The lowest BCUT2D eigenvalue weighted by Crippen LogP contribution is -2.30. The molecule has 2 aromatic heterocycles. The van der Waals surface area contributed by atoms with Gasteiger partial charge in [-0.15, -0.1) is 0 Å². The highest BCUT2D eigenvalue weighted by atomic mass is 19.1. The fraction of sp³-hybridized carbons (Fsp3) is 0.182. The number of anilines is 1. The van der Waals surface area contributed by atoms with Crippen LogP contribution in [0.4, 0.5) is 10.3 Å². The van der Waals surface area contributed by atoms with E-state index in [2.05, 4.69) is 20.5 Å². The number of ether oxygens (including phenoxy) is 1. The molecule has 0 amide bonds. The Bertz CT molecular complexity index is 1390. The Morgan fingerprint density at radius 2 is 1.94 bits per heavy atom. The van der Waals surface area contributed by atoms with Gasteiger partial charge in [-0.05, 0) is 29.8 Å². The minimum Gasteiger partial charge on any atom is -0.491 e. The van der Waals surface area contributed by atoms with E-state index in [0.29, 0.717) is 11.3 Å². The van der Waals surface area contributed by atoms with Crippen molar-refractivity contribution in [2.75, 3.05) is 12.0 Å². The average molecular weight is 452 g/mol. The minimum absolute atomic E-state index is 0.0361. The number of rotatable bonds is 8. The summed E-state index contributed by atoms with van der Waals surface area (Å²) in [6.07, 6.45) is 0.447. The number of H-pyrrole nitrogens is 1. The summed E-state index contributed by atoms with van der Waals surface area (Å²) < 4.78 is 21.3. The third-order valence-corrected chi connectivity index (χ3v) is 4.83. The summed E-state index contributed by atoms with van der Waals surface area (Å²) >= 11 is 0. The lowest BCUT2D eigenvalue weighted by molar-refractivity contribution is 0.0938. The standard InChI is InChI=1S/C22H21FN6O4/c1-28-19-18(20(31)26-22(28)32)29(12-16(30)13-33-17-5-3-2-4-6-17)21(25-19)27-24-11-14-7-9-15(23)10-8-14/h2-11,16,30H,12-13H2,1H3,(H,25,27)(H,26,31,32)/b24-11-/t16-/m0/s1. The summed E-state index contributed by atoms with van der Waals surface area (Å²) in [6.45, 7) is -0.0926. The number of hydrogen-bond acceptors (Lipinski definition) is 7. The number of fused-ring (bicyclic) bond motifs is 1. The maximum Gasteiger partial charge on any atom is 0.329 e. The number of hydrazone groups is 1. The maximum atomic E-state index is 13.1. The van der Waals surface area contributed by atoms with Gasteiger partial charge in [-0.25, -0.2) is 14.6 Å². The van der Waals surface area contributed by atoms with E-state index < -0.39 is 17.4 Å². The lowest BCUT2D eigenvalue weighted by atomic mass is 10.2. The molecule has 10 nitrogen and oxygen atoms in total. The van der Waals surface area contributed by atoms with Crippen LogP contribution in [0.15, 0.2) is 69.3 Å². The molecule has 4 aromatic rings. The van der Waals surface area contributed by atoms with Crippen molar-refractivity contribution in [2.24, 2.45) is 12.1 Å². The second kappa shape index (κ2) is 9.49. The van der Waals surface area contributed by atoms with Crippen LogP contribution in [0.25, 0.3) is 11.2 Å². The highest BCUT2D eigenvalue weighted by molar-refractivity contribution is 5.80. The van der Waals surface area contributed by atoms with Gasteiger partial charge in [0.1, 0.15) is 24.3 Å². The SMILES string of the molecule is Cn1c(=O)[nH]c(=O)c2c1nc(N/N=C\c1ccc(F)cc1)n2C[C@H](O)COc1ccccc1. The number of aliphatic hydroxyl groups is 1. The highest BCUT2D eigenvalue weighted by Crippen LogP contribution is 2.17. The summed E-state index contributed by atoms with van der Waals surface area (Å²) in [6, 6.07) is 14.7. The Balaban J connectivity index is 1.62. The summed E-state index contributed by atoms with van der Waals surface area (Å²) in [5.41, 5.74) is 2.31. The molecule has 0 aliphatic carbocycles. The zero-order valence-corrected chi connectivity index (χ0v) is 17.6. The number of aliphatic hydroxyl groups excluding tert-OH is 1. The average Bonchev–Trinajstić information content (AvgIpc) is 3.17. The number of benzene rings is 2. The van der Waals surface area contributed by atoms with Gasteiger partial charge in [-0.2, -0.15) is 10.1 Å². The van der Waals surface area contributed by atoms with Crippen molar-refractivity contribution in [1.29, 1.82) is 0 Å². The molecule has 0 aliphatic heterocycles. The first-order valence-electron chi connectivity index (χ1n) is 10.0. The summed E-state index contributed by atoms with van der Waals surface area (Å²) in [4.78, 5) is 31.1. The van der Waals surface area contributed by atoms with Crippen LogP contribution in [0, 0.1) is 5.82 Å². The second-order valence-electron chi connectivity index (χ2n) is 7.24. The van der Waals surface area contributed by atoms with Crippen molar-refractivity contribution in [3.05, 3.63) is 86.8 Å². The van der Waals surface area contributed by atoms with Crippen molar-refractivity contribution >= 4 is 23.3 Å². The van der Waals surface area contributed by atoms with Gasteiger partial charge in [0.2, 0.25) is 5.95 Å². The number of aromatic nitrogens is 4. The monoisotopic (exact) mass is 452 g/mol. The molecule has 1 atom stereocenters. The molecule has 0 spiro atoms. The second-order valence-corrected chi connectivity index (χ2v) is 7.24. The van der Waals surface area contributed by atoms with Gasteiger partial charge >= 0.3 is 5.69 Å². The molecular weight excluding hydrogens is 431 g/mol. The number of nitrogens with one attached hydrogen (secondary N) is 2. The van der Waals surface area contributed by atoms with Gasteiger partial charge in [-0.1, -0.05) is 30.3 Å². The predicted octanol–water partition coefficient (Wildman–Crippen LogP) is 1.45. The topological polar surface area (TPSA) is 127 Å². The summed E-state index contributed by atoms with van der Waals surface area (Å²) in [5.74, 6) is 0.358. The third-order valence-electron chi connectivity index (χ3n) is 4.83. The first kappa shape index (κ1) is 22.0. The summed E-state index contributed by atoms with van der Waals surface area (Å²) in [5, 5.41) is 14.6. The zero-order chi connectivity index (χ0) is 23.4. The molecule has 0 fully saturated rings. The first-order chi connectivity index (χ1) is 15.9. The molecule has 170 valence electrons. The van der Waals surface area contributed by atoms with Gasteiger partial charge in [0.05, 0.1) is 12.8 Å². The van der Waals surface area contributed by atoms with Crippen LogP contribution < -0.4 is 21.4 Å². The molecule has 33 heavy (non-hydrogen) atoms. The van der Waals surface area contributed by atoms with Crippen LogP contribution >= 0.6 is 0 Å². The van der Waals surface area contributed by atoms with E-state index in [1.54, 1.807) is 24.3 Å². The normalized spacial score (nSPS) is 12.3. The molecule has 2 heterocycles. The van der Waals surface area contributed by atoms with Crippen molar-refractivity contribution in [3.63, 3.8) is 0 Å². The fourth-order valence-corrected chi connectivity index (χ4v) is 3.18. The smallest absolute Gasteiger partial charge is 0.329 e. The number of nitrogens with zero attached hydrogens (tertiary/aromatic N) is 4. The Kier molecular flexibility index (Phi) is 6.31. The number of aromatic amines is 1. The van der Waals surface area contributed by atoms with E-state index in [9.17, 15) is 19.1 Å². The van der Waals surface area contributed by atoms with Crippen LogP contribution in [-0.2, 0) is 13.6 Å². The molecule has 2 aromatic carbocycles. The first-order valence-corrected chi connectivity index (χ1v) is 10.0. The van der Waals surface area contributed by atoms with E-state index in [1.807, 2.05) is 18.2 Å². The molecule has 0 aliphatic rings. The molecule has 11 heteroatoms. The Morgan fingerprint density at radius 3 is 2.67 bits per heavy atom. The molecule has 0 saturated carbocycles.